The van der Waals surface area contributed by atoms with Gasteiger partial charge in [-0.3, -0.25) is 0 Å². The van der Waals surface area contributed by atoms with Gasteiger partial charge in [-0.05, 0) is 41.1 Å². The molecule has 0 aliphatic heterocycles. The SMILES string of the molecule is C[C@@H](NCc1ccc(Br)nn1)c1ncccn1. The van der Waals surface area contributed by atoms with E-state index in [0.717, 1.165) is 16.1 Å². The van der Waals surface area contributed by atoms with E-state index in [0.29, 0.717) is 6.54 Å². The van der Waals surface area contributed by atoms with Crippen LogP contribution < -0.4 is 5.32 Å². The number of hydrogen-bond donors (Lipinski definition) is 1. The van der Waals surface area contributed by atoms with Crippen LogP contribution >= 0.6 is 15.9 Å². The van der Waals surface area contributed by atoms with E-state index in [-0.39, 0.29) is 6.04 Å². The summed E-state index contributed by atoms with van der Waals surface area (Å²) >= 11 is 3.25. The van der Waals surface area contributed by atoms with Crippen molar-refractivity contribution in [2.24, 2.45) is 0 Å². The molecule has 0 unspecified atom stereocenters. The molecule has 2 aromatic rings. The van der Waals surface area contributed by atoms with Crippen LogP contribution in [0.1, 0.15) is 24.5 Å². The van der Waals surface area contributed by atoms with E-state index in [4.69, 9.17) is 0 Å². The molecular weight excluding hydrogens is 282 g/mol. The summed E-state index contributed by atoms with van der Waals surface area (Å²) in [5.74, 6) is 0.776. The smallest absolute Gasteiger partial charge is 0.144 e. The Balaban J connectivity index is 1.92. The molecule has 88 valence electrons. The van der Waals surface area contributed by atoms with Crippen LogP contribution in [0.15, 0.2) is 35.2 Å². The lowest BCUT2D eigenvalue weighted by molar-refractivity contribution is 0.537. The zero-order chi connectivity index (χ0) is 12.1. The first-order valence-corrected chi connectivity index (χ1v) is 6.03. The fourth-order valence-electron chi connectivity index (χ4n) is 1.32. The summed E-state index contributed by atoms with van der Waals surface area (Å²) in [4.78, 5) is 8.38. The Morgan fingerprint density at radius 3 is 2.65 bits per heavy atom. The second kappa shape index (κ2) is 5.79. The van der Waals surface area contributed by atoms with Gasteiger partial charge in [-0.2, -0.15) is 5.10 Å². The summed E-state index contributed by atoms with van der Waals surface area (Å²) in [7, 11) is 0. The van der Waals surface area contributed by atoms with Crippen molar-refractivity contribution in [3.63, 3.8) is 0 Å². The molecule has 17 heavy (non-hydrogen) atoms. The van der Waals surface area contributed by atoms with Crippen molar-refractivity contribution in [1.82, 2.24) is 25.5 Å². The van der Waals surface area contributed by atoms with Crippen molar-refractivity contribution in [3.05, 3.63) is 46.7 Å². The Hall–Kier alpha value is -1.40. The van der Waals surface area contributed by atoms with Crippen molar-refractivity contribution in [1.29, 1.82) is 0 Å². The molecule has 0 radical (unpaired) electrons. The highest BCUT2D eigenvalue weighted by Gasteiger charge is 2.07. The van der Waals surface area contributed by atoms with Gasteiger partial charge in [-0.1, -0.05) is 0 Å². The second-order valence-electron chi connectivity index (χ2n) is 3.56. The lowest BCUT2D eigenvalue weighted by Gasteiger charge is -2.11. The largest absolute Gasteiger partial charge is 0.302 e. The van der Waals surface area contributed by atoms with Crippen molar-refractivity contribution < 1.29 is 0 Å². The fourth-order valence-corrected chi connectivity index (χ4v) is 1.53. The number of hydrogen-bond acceptors (Lipinski definition) is 5. The third-order valence-electron chi connectivity index (χ3n) is 2.25. The highest BCUT2D eigenvalue weighted by molar-refractivity contribution is 9.10. The molecule has 0 amide bonds. The zero-order valence-corrected chi connectivity index (χ0v) is 10.9. The van der Waals surface area contributed by atoms with E-state index < -0.39 is 0 Å². The monoisotopic (exact) mass is 293 g/mol. The average Bonchev–Trinajstić information content (AvgIpc) is 2.39. The predicted octanol–water partition coefficient (Wildman–Crippen LogP) is 1.88. The van der Waals surface area contributed by atoms with Crippen molar-refractivity contribution in [3.8, 4) is 0 Å². The summed E-state index contributed by atoms with van der Waals surface area (Å²) < 4.78 is 0.737. The number of aromatic nitrogens is 4. The Morgan fingerprint density at radius 1 is 1.24 bits per heavy atom. The maximum absolute atomic E-state index is 4.19. The molecule has 0 aliphatic carbocycles. The van der Waals surface area contributed by atoms with E-state index in [1.807, 2.05) is 19.1 Å². The van der Waals surface area contributed by atoms with Crippen LogP contribution in [0.2, 0.25) is 0 Å². The maximum atomic E-state index is 4.19. The third-order valence-corrected chi connectivity index (χ3v) is 2.67. The van der Waals surface area contributed by atoms with Gasteiger partial charge < -0.3 is 5.32 Å². The van der Waals surface area contributed by atoms with Crippen LogP contribution in [-0.4, -0.2) is 20.2 Å². The lowest BCUT2D eigenvalue weighted by atomic mass is 10.3. The van der Waals surface area contributed by atoms with Crippen LogP contribution in [0.4, 0.5) is 0 Å². The molecule has 0 aliphatic rings. The van der Waals surface area contributed by atoms with Crippen LogP contribution in [-0.2, 0) is 6.54 Å². The summed E-state index contributed by atoms with van der Waals surface area (Å²) in [6.45, 7) is 2.65. The van der Waals surface area contributed by atoms with E-state index in [1.54, 1.807) is 18.5 Å². The van der Waals surface area contributed by atoms with Crippen LogP contribution in [0.25, 0.3) is 0 Å². The van der Waals surface area contributed by atoms with E-state index >= 15 is 0 Å². The standard InChI is InChI=1S/C11H12BrN5/c1-8(11-13-5-2-6-14-11)15-7-9-3-4-10(12)17-16-9/h2-6,8,15H,7H2,1H3/t8-/m1/s1. The summed E-state index contributed by atoms with van der Waals surface area (Å²) in [5.41, 5.74) is 0.885. The van der Waals surface area contributed by atoms with Crippen LogP contribution in [0.3, 0.4) is 0 Å². The molecule has 1 atom stereocenters. The Bertz CT molecular complexity index is 459. The Morgan fingerprint density at radius 2 is 2.00 bits per heavy atom. The molecular formula is C11H12BrN5. The van der Waals surface area contributed by atoms with Gasteiger partial charge in [0.05, 0.1) is 11.7 Å². The number of rotatable bonds is 4. The molecule has 6 heteroatoms. The van der Waals surface area contributed by atoms with Gasteiger partial charge in [0, 0.05) is 18.9 Å². The minimum atomic E-state index is 0.0849. The molecule has 0 saturated heterocycles. The molecule has 0 spiro atoms. The molecule has 0 aromatic carbocycles. The van der Waals surface area contributed by atoms with Gasteiger partial charge in [0.15, 0.2) is 0 Å². The topological polar surface area (TPSA) is 63.6 Å². The predicted molar refractivity (Wildman–Crippen MR) is 67.0 cm³/mol. The molecule has 5 nitrogen and oxygen atoms in total. The van der Waals surface area contributed by atoms with Crippen molar-refractivity contribution in [2.45, 2.75) is 19.5 Å². The normalized spacial score (nSPS) is 12.4. The third kappa shape index (κ3) is 3.54. The Labute approximate surface area is 108 Å². The molecule has 0 fully saturated rings. The molecule has 2 heterocycles. The molecule has 0 bridgehead atoms. The second-order valence-corrected chi connectivity index (χ2v) is 4.37. The van der Waals surface area contributed by atoms with Crippen molar-refractivity contribution >= 4 is 15.9 Å². The first-order valence-electron chi connectivity index (χ1n) is 5.24. The van der Waals surface area contributed by atoms with Gasteiger partial charge in [0.2, 0.25) is 0 Å². The fraction of sp³-hybridized carbons (Fsp3) is 0.273. The zero-order valence-electron chi connectivity index (χ0n) is 9.34. The number of nitrogens with zero attached hydrogens (tertiary/aromatic N) is 4. The highest BCUT2D eigenvalue weighted by atomic mass is 79.9. The summed E-state index contributed by atoms with van der Waals surface area (Å²) in [6, 6.07) is 5.67. The Kier molecular flexibility index (Phi) is 4.11. The molecule has 2 aromatic heterocycles. The maximum Gasteiger partial charge on any atom is 0.144 e. The highest BCUT2D eigenvalue weighted by Crippen LogP contribution is 2.07. The van der Waals surface area contributed by atoms with Gasteiger partial charge in [-0.15, -0.1) is 5.10 Å². The van der Waals surface area contributed by atoms with Gasteiger partial charge in [-0.25, -0.2) is 9.97 Å². The molecule has 0 saturated carbocycles. The van der Waals surface area contributed by atoms with Crippen LogP contribution in [0.5, 0.6) is 0 Å². The number of nitrogens with one attached hydrogen (secondary N) is 1. The summed E-state index contributed by atoms with van der Waals surface area (Å²) in [5, 5.41) is 11.3. The van der Waals surface area contributed by atoms with E-state index in [9.17, 15) is 0 Å². The first kappa shape index (κ1) is 12.1. The first-order chi connectivity index (χ1) is 8.25. The van der Waals surface area contributed by atoms with Gasteiger partial charge in [0.25, 0.3) is 0 Å². The van der Waals surface area contributed by atoms with Gasteiger partial charge >= 0.3 is 0 Å². The summed E-state index contributed by atoms with van der Waals surface area (Å²) in [6.07, 6.45) is 3.47. The van der Waals surface area contributed by atoms with Crippen molar-refractivity contribution in [2.75, 3.05) is 0 Å². The minimum absolute atomic E-state index is 0.0849. The lowest BCUT2D eigenvalue weighted by Crippen LogP contribution is -2.20. The van der Waals surface area contributed by atoms with Crippen LogP contribution in [0, 0.1) is 0 Å². The molecule has 1 N–H and O–H groups in total. The average molecular weight is 294 g/mol. The minimum Gasteiger partial charge on any atom is -0.302 e. The van der Waals surface area contributed by atoms with E-state index in [2.05, 4.69) is 41.4 Å². The van der Waals surface area contributed by atoms with Gasteiger partial charge in [0.1, 0.15) is 10.4 Å². The number of halogens is 1. The molecule has 2 rings (SSSR count). The van der Waals surface area contributed by atoms with E-state index in [1.165, 1.54) is 0 Å². The quantitative estimate of drug-likeness (QED) is 0.932.